The molecule has 0 aromatic heterocycles. The fourth-order valence-electron chi connectivity index (χ4n) is 2.70. The predicted octanol–water partition coefficient (Wildman–Crippen LogP) is 3.89. The molecular weight excluding hydrogens is 396 g/mol. The van der Waals surface area contributed by atoms with Gasteiger partial charge in [-0.25, -0.2) is 4.79 Å². The van der Waals surface area contributed by atoms with E-state index in [1.54, 1.807) is 50.2 Å². The predicted molar refractivity (Wildman–Crippen MR) is 111 cm³/mol. The normalized spacial score (nSPS) is 13.2. The molecule has 0 spiro atoms. The number of aryl methyl sites for hydroxylation is 1. The molecule has 2 rings (SSSR count). The first-order valence-corrected chi connectivity index (χ1v) is 9.79. The third-order valence-corrected chi connectivity index (χ3v) is 4.28. The van der Waals surface area contributed by atoms with E-state index in [2.05, 4.69) is 0 Å². The summed E-state index contributed by atoms with van der Waals surface area (Å²) in [6.45, 7) is 5.59. The highest BCUT2D eigenvalue weighted by Gasteiger charge is 2.20. The zero-order valence-corrected chi connectivity index (χ0v) is 17.6. The number of rotatable bonds is 11. The molecule has 2 aromatic carbocycles. The van der Waals surface area contributed by atoms with Crippen LogP contribution in [0.15, 0.2) is 42.5 Å². The molecule has 2 N–H and O–H groups in total. The van der Waals surface area contributed by atoms with Gasteiger partial charge in [0.25, 0.3) is 0 Å². The van der Waals surface area contributed by atoms with E-state index < -0.39 is 18.2 Å². The van der Waals surface area contributed by atoms with Gasteiger partial charge >= 0.3 is 5.97 Å². The van der Waals surface area contributed by atoms with E-state index in [-0.39, 0.29) is 25.7 Å². The van der Waals surface area contributed by atoms with Crippen LogP contribution in [-0.4, -0.2) is 47.7 Å². The summed E-state index contributed by atoms with van der Waals surface area (Å²) < 4.78 is 16.7. The van der Waals surface area contributed by atoms with Gasteiger partial charge < -0.3 is 24.4 Å². The number of halogens is 1. The molecule has 29 heavy (non-hydrogen) atoms. The van der Waals surface area contributed by atoms with Crippen LogP contribution in [0.2, 0.25) is 5.02 Å². The van der Waals surface area contributed by atoms with Crippen molar-refractivity contribution in [3.63, 3.8) is 0 Å². The van der Waals surface area contributed by atoms with Gasteiger partial charge in [0.1, 0.15) is 30.8 Å². The zero-order valence-electron chi connectivity index (χ0n) is 16.8. The van der Waals surface area contributed by atoms with Crippen molar-refractivity contribution in [3.8, 4) is 11.5 Å². The van der Waals surface area contributed by atoms with Crippen molar-refractivity contribution < 1.29 is 29.2 Å². The highest BCUT2D eigenvalue weighted by Crippen LogP contribution is 2.22. The summed E-state index contributed by atoms with van der Waals surface area (Å²) in [7, 11) is 0. The van der Waals surface area contributed by atoms with Crippen molar-refractivity contribution in [2.75, 3.05) is 13.2 Å². The number of aliphatic carboxylic acids is 1. The van der Waals surface area contributed by atoms with Crippen LogP contribution in [0.1, 0.15) is 25.0 Å². The lowest BCUT2D eigenvalue weighted by Gasteiger charge is -2.17. The van der Waals surface area contributed by atoms with E-state index in [4.69, 9.17) is 25.8 Å². The Bertz CT molecular complexity index is 808. The van der Waals surface area contributed by atoms with Crippen molar-refractivity contribution in [3.05, 3.63) is 58.6 Å². The van der Waals surface area contributed by atoms with Crippen LogP contribution >= 0.6 is 11.6 Å². The molecule has 2 aromatic rings. The molecule has 0 saturated heterocycles. The Balaban J connectivity index is 1.87. The van der Waals surface area contributed by atoms with Crippen molar-refractivity contribution in [2.24, 2.45) is 0 Å². The molecule has 0 aliphatic heterocycles. The maximum Gasteiger partial charge on any atom is 0.333 e. The molecule has 6 nitrogen and oxygen atoms in total. The maximum atomic E-state index is 11.4. The Morgan fingerprint density at radius 2 is 1.83 bits per heavy atom. The van der Waals surface area contributed by atoms with E-state index in [1.165, 1.54) is 0 Å². The summed E-state index contributed by atoms with van der Waals surface area (Å²) in [5, 5.41) is 20.1. The first-order chi connectivity index (χ1) is 13.7. The number of ether oxygens (including phenoxy) is 3. The fraction of sp³-hybridized carbons (Fsp3) is 0.409. The molecule has 0 fully saturated rings. The Kier molecular flexibility index (Phi) is 8.76. The maximum absolute atomic E-state index is 11.4. The summed E-state index contributed by atoms with van der Waals surface area (Å²) in [6, 6.07) is 12.4. The third-order valence-electron chi connectivity index (χ3n) is 4.04. The smallest absolute Gasteiger partial charge is 0.333 e. The van der Waals surface area contributed by atoms with Gasteiger partial charge in [-0.15, -0.1) is 0 Å². The molecule has 0 bridgehead atoms. The minimum atomic E-state index is -1.00. The largest absolute Gasteiger partial charge is 0.491 e. The molecular formula is C22H27ClO6. The topological polar surface area (TPSA) is 85.2 Å². The van der Waals surface area contributed by atoms with Crippen LogP contribution < -0.4 is 9.47 Å². The van der Waals surface area contributed by atoms with Crippen LogP contribution in [-0.2, 0) is 16.0 Å². The minimum Gasteiger partial charge on any atom is -0.491 e. The lowest BCUT2D eigenvalue weighted by atomic mass is 10.1. The van der Waals surface area contributed by atoms with Gasteiger partial charge in [-0.2, -0.15) is 0 Å². The third kappa shape index (κ3) is 7.93. The second kappa shape index (κ2) is 11.0. The quantitative estimate of drug-likeness (QED) is 0.571. The monoisotopic (exact) mass is 422 g/mol. The van der Waals surface area contributed by atoms with E-state index in [0.29, 0.717) is 16.5 Å². The second-order valence-corrected chi connectivity index (χ2v) is 7.49. The minimum absolute atomic E-state index is 0.0426. The van der Waals surface area contributed by atoms with Crippen molar-refractivity contribution >= 4 is 17.6 Å². The molecule has 7 heteroatoms. The van der Waals surface area contributed by atoms with Gasteiger partial charge in [-0.3, -0.25) is 0 Å². The summed E-state index contributed by atoms with van der Waals surface area (Å²) in [5.41, 5.74) is 1.66. The van der Waals surface area contributed by atoms with Gasteiger partial charge in [0.15, 0.2) is 6.10 Å². The fourth-order valence-corrected chi connectivity index (χ4v) is 2.93. The van der Waals surface area contributed by atoms with Crippen LogP contribution in [0.4, 0.5) is 0 Å². The molecule has 0 aliphatic carbocycles. The molecule has 158 valence electrons. The Labute approximate surface area is 176 Å². The Hall–Kier alpha value is -2.28. The second-order valence-electron chi connectivity index (χ2n) is 7.05. The number of aliphatic hydroxyl groups excluding tert-OH is 1. The first kappa shape index (κ1) is 23.0. The SMILES string of the molecule is Cc1cc(Cl)ccc1OC[C@H](O)COc1cccc(C[C@H](OC(C)C)C(=O)O)c1. The summed E-state index contributed by atoms with van der Waals surface area (Å²) in [5.74, 6) is 0.188. The summed E-state index contributed by atoms with van der Waals surface area (Å²) in [6.07, 6.45) is -1.71. The van der Waals surface area contributed by atoms with Crippen molar-refractivity contribution in [1.29, 1.82) is 0 Å². The average Bonchev–Trinajstić information content (AvgIpc) is 2.65. The standard InChI is InChI=1S/C22H27ClO6/c1-14(2)29-21(22(25)26)11-16-5-4-6-19(10-16)27-12-18(24)13-28-20-8-7-17(23)9-15(20)3/h4-10,14,18,21,24H,11-13H2,1-3H3,(H,25,26)/t18-,21+/m1/s1. The van der Waals surface area contributed by atoms with Gasteiger partial charge in [-0.1, -0.05) is 23.7 Å². The van der Waals surface area contributed by atoms with Crippen LogP contribution in [0.25, 0.3) is 0 Å². The Morgan fingerprint density at radius 3 is 2.48 bits per heavy atom. The number of aliphatic hydroxyl groups is 1. The molecule has 0 saturated carbocycles. The molecule has 0 aliphatic rings. The first-order valence-electron chi connectivity index (χ1n) is 9.41. The van der Waals surface area contributed by atoms with E-state index in [9.17, 15) is 15.0 Å². The molecule has 0 radical (unpaired) electrons. The van der Waals surface area contributed by atoms with Crippen molar-refractivity contribution in [1.82, 2.24) is 0 Å². The van der Waals surface area contributed by atoms with Gasteiger partial charge in [-0.05, 0) is 62.2 Å². The molecule has 0 unspecified atom stereocenters. The van der Waals surface area contributed by atoms with Gasteiger partial charge in [0.2, 0.25) is 0 Å². The highest BCUT2D eigenvalue weighted by atomic mass is 35.5. The lowest BCUT2D eigenvalue weighted by Crippen LogP contribution is -2.29. The average molecular weight is 423 g/mol. The van der Waals surface area contributed by atoms with E-state index in [0.717, 1.165) is 11.1 Å². The lowest BCUT2D eigenvalue weighted by molar-refractivity contribution is -0.153. The number of benzene rings is 2. The summed E-state index contributed by atoms with van der Waals surface area (Å²) >= 11 is 5.92. The molecule has 0 heterocycles. The summed E-state index contributed by atoms with van der Waals surface area (Å²) in [4.78, 5) is 11.4. The van der Waals surface area contributed by atoms with Crippen LogP contribution in [0.3, 0.4) is 0 Å². The molecule has 0 amide bonds. The number of carbonyl (C=O) groups is 1. The van der Waals surface area contributed by atoms with Crippen molar-refractivity contribution in [2.45, 2.75) is 45.5 Å². The van der Waals surface area contributed by atoms with E-state index in [1.807, 2.05) is 13.0 Å². The number of hydrogen-bond acceptors (Lipinski definition) is 5. The van der Waals surface area contributed by atoms with E-state index >= 15 is 0 Å². The van der Waals surface area contributed by atoms with Crippen LogP contribution in [0.5, 0.6) is 11.5 Å². The molecule has 2 atom stereocenters. The number of carboxylic acid groups (broad SMARTS) is 1. The van der Waals surface area contributed by atoms with Gasteiger partial charge in [0.05, 0.1) is 6.10 Å². The number of hydrogen-bond donors (Lipinski definition) is 2. The van der Waals surface area contributed by atoms with Gasteiger partial charge in [0, 0.05) is 11.4 Å². The van der Waals surface area contributed by atoms with Crippen LogP contribution in [0, 0.1) is 6.92 Å². The highest BCUT2D eigenvalue weighted by molar-refractivity contribution is 6.30. The number of carboxylic acids is 1. The Morgan fingerprint density at radius 1 is 1.10 bits per heavy atom. The zero-order chi connectivity index (χ0) is 21.4.